The van der Waals surface area contributed by atoms with E-state index in [1.807, 2.05) is 6.07 Å². The number of ketones is 2. The quantitative estimate of drug-likeness (QED) is 0.360. The summed E-state index contributed by atoms with van der Waals surface area (Å²) in [7, 11) is 3.05. The molecule has 4 aromatic rings. The second-order valence-electron chi connectivity index (χ2n) is 7.26. The molecular formula is C26H21ClN2O4. The van der Waals surface area contributed by atoms with Gasteiger partial charge in [0.25, 0.3) is 0 Å². The second kappa shape index (κ2) is 9.22. The summed E-state index contributed by atoms with van der Waals surface area (Å²) in [5, 5.41) is 0.416. The molecule has 6 nitrogen and oxygen atoms in total. The predicted molar refractivity (Wildman–Crippen MR) is 129 cm³/mol. The van der Waals surface area contributed by atoms with Crippen LogP contribution in [0.5, 0.6) is 11.5 Å². The number of carbonyl (C=O) groups is 2. The van der Waals surface area contributed by atoms with Gasteiger partial charge < -0.3 is 20.2 Å². The number of nitrogen functional groups attached to an aromatic ring is 1. The van der Waals surface area contributed by atoms with Crippen LogP contribution in [0.4, 0.5) is 5.82 Å². The first-order valence-corrected chi connectivity index (χ1v) is 10.5. The highest BCUT2D eigenvalue weighted by Gasteiger charge is 2.29. The summed E-state index contributed by atoms with van der Waals surface area (Å²) in [6, 6.07) is 20.5. The maximum atomic E-state index is 13.6. The Morgan fingerprint density at radius 2 is 1.58 bits per heavy atom. The van der Waals surface area contributed by atoms with E-state index in [4.69, 9.17) is 26.8 Å². The van der Waals surface area contributed by atoms with Gasteiger partial charge in [0.05, 0.1) is 25.5 Å². The van der Waals surface area contributed by atoms with Crippen molar-refractivity contribution in [1.82, 2.24) is 4.98 Å². The number of nitrogens with one attached hydrogen (secondary N) is 1. The predicted octanol–water partition coefficient (Wildman–Crippen LogP) is 5.40. The van der Waals surface area contributed by atoms with Crippen molar-refractivity contribution < 1.29 is 19.1 Å². The number of rotatable bonds is 7. The zero-order chi connectivity index (χ0) is 23.5. The van der Waals surface area contributed by atoms with Gasteiger partial charge in [-0.3, -0.25) is 9.59 Å². The lowest BCUT2D eigenvalue weighted by atomic mass is 9.92. The van der Waals surface area contributed by atoms with E-state index in [2.05, 4.69) is 4.98 Å². The molecule has 0 saturated heterocycles. The van der Waals surface area contributed by atoms with E-state index in [0.29, 0.717) is 38.8 Å². The molecule has 7 heteroatoms. The molecule has 0 unspecified atom stereocenters. The Morgan fingerprint density at radius 1 is 0.848 bits per heavy atom. The van der Waals surface area contributed by atoms with Crippen molar-refractivity contribution in [1.29, 1.82) is 0 Å². The summed E-state index contributed by atoms with van der Waals surface area (Å²) >= 11 is 6.11. The Bertz CT molecular complexity index is 1350. The average Bonchev–Trinajstić information content (AvgIpc) is 3.19. The molecule has 0 saturated carbocycles. The molecule has 0 aliphatic carbocycles. The lowest BCUT2D eigenvalue weighted by Crippen LogP contribution is -2.07. The summed E-state index contributed by atoms with van der Waals surface area (Å²) in [6.07, 6.45) is 0. The first-order chi connectivity index (χ1) is 15.9. The van der Waals surface area contributed by atoms with Crippen LogP contribution in [0.1, 0.15) is 32.0 Å². The van der Waals surface area contributed by atoms with Gasteiger partial charge in [-0.05, 0) is 24.3 Å². The second-order valence-corrected chi connectivity index (χ2v) is 7.70. The van der Waals surface area contributed by atoms with Crippen LogP contribution in [-0.2, 0) is 0 Å². The molecule has 0 fully saturated rings. The molecule has 1 aromatic heterocycles. The minimum atomic E-state index is -0.369. The number of anilines is 1. The zero-order valence-electron chi connectivity index (χ0n) is 18.0. The van der Waals surface area contributed by atoms with E-state index < -0.39 is 0 Å². The SMILES string of the molecule is COc1ccc(-c2c(C(=O)c3ccccc3)[nH]c(N)c2C(=O)c2cccc(Cl)c2)c(OC)c1. The third kappa shape index (κ3) is 4.21. The summed E-state index contributed by atoms with van der Waals surface area (Å²) in [4.78, 5) is 30.0. The van der Waals surface area contributed by atoms with Crippen LogP contribution in [-0.4, -0.2) is 30.8 Å². The first-order valence-electron chi connectivity index (χ1n) is 10.1. The number of H-pyrrole nitrogens is 1. The fraction of sp³-hybridized carbons (Fsp3) is 0.0769. The van der Waals surface area contributed by atoms with Gasteiger partial charge in [-0.1, -0.05) is 54.1 Å². The van der Waals surface area contributed by atoms with Gasteiger partial charge in [-0.25, -0.2) is 0 Å². The Kier molecular flexibility index (Phi) is 6.20. The van der Waals surface area contributed by atoms with Gasteiger partial charge in [0.2, 0.25) is 5.78 Å². The highest BCUT2D eigenvalue weighted by Crippen LogP contribution is 2.41. The molecule has 0 atom stereocenters. The van der Waals surface area contributed by atoms with E-state index in [-0.39, 0.29) is 28.6 Å². The number of methoxy groups -OCH3 is 2. The van der Waals surface area contributed by atoms with Gasteiger partial charge >= 0.3 is 0 Å². The number of aromatic amines is 1. The maximum Gasteiger partial charge on any atom is 0.209 e. The molecule has 0 radical (unpaired) electrons. The Morgan fingerprint density at radius 3 is 2.24 bits per heavy atom. The highest BCUT2D eigenvalue weighted by molar-refractivity contribution is 6.31. The Hall–Kier alpha value is -4.03. The van der Waals surface area contributed by atoms with E-state index in [9.17, 15) is 9.59 Å². The van der Waals surface area contributed by atoms with Crippen molar-refractivity contribution >= 4 is 29.0 Å². The zero-order valence-corrected chi connectivity index (χ0v) is 18.8. The van der Waals surface area contributed by atoms with Crippen molar-refractivity contribution in [2.75, 3.05) is 20.0 Å². The standard InChI is InChI=1S/C26H21ClN2O4/c1-32-18-11-12-19(20(14-18)33-2)21-22(24(30)16-9-6-10-17(27)13-16)26(28)29-23(21)25(31)15-7-4-3-5-8-15/h3-14,29H,28H2,1-2H3. The summed E-state index contributed by atoms with van der Waals surface area (Å²) < 4.78 is 10.9. The van der Waals surface area contributed by atoms with Gasteiger partial charge in [-0.2, -0.15) is 0 Å². The van der Waals surface area contributed by atoms with Gasteiger partial charge in [-0.15, -0.1) is 0 Å². The van der Waals surface area contributed by atoms with Gasteiger partial charge in [0, 0.05) is 33.3 Å². The minimum absolute atomic E-state index is 0.0760. The third-order valence-corrected chi connectivity index (χ3v) is 5.52. The Labute approximate surface area is 195 Å². The van der Waals surface area contributed by atoms with Crippen LogP contribution in [0.2, 0.25) is 5.02 Å². The number of benzene rings is 3. The Balaban J connectivity index is 1.99. The largest absolute Gasteiger partial charge is 0.497 e. The number of nitrogens with two attached hydrogens (primary N) is 1. The van der Waals surface area contributed by atoms with Crippen LogP contribution in [0.3, 0.4) is 0 Å². The molecule has 3 N–H and O–H groups in total. The fourth-order valence-corrected chi connectivity index (χ4v) is 3.90. The monoisotopic (exact) mass is 460 g/mol. The summed E-state index contributed by atoms with van der Waals surface area (Å²) in [5.74, 6) is 0.395. The molecule has 0 bridgehead atoms. The number of hydrogen-bond acceptors (Lipinski definition) is 5. The molecule has 33 heavy (non-hydrogen) atoms. The van der Waals surface area contributed by atoms with Crippen molar-refractivity contribution in [2.45, 2.75) is 0 Å². The minimum Gasteiger partial charge on any atom is -0.497 e. The van der Waals surface area contributed by atoms with Gasteiger partial charge in [0.15, 0.2) is 5.78 Å². The molecule has 4 rings (SSSR count). The third-order valence-electron chi connectivity index (χ3n) is 5.28. The summed E-state index contributed by atoms with van der Waals surface area (Å²) in [5.41, 5.74) is 8.32. The lowest BCUT2D eigenvalue weighted by molar-refractivity contribution is 0.103. The topological polar surface area (TPSA) is 94.4 Å². The molecule has 0 amide bonds. The molecule has 0 aliphatic rings. The van der Waals surface area contributed by atoms with Crippen LogP contribution in [0.25, 0.3) is 11.1 Å². The fourth-order valence-electron chi connectivity index (χ4n) is 3.71. The van der Waals surface area contributed by atoms with E-state index in [0.717, 1.165) is 0 Å². The molecule has 3 aromatic carbocycles. The van der Waals surface area contributed by atoms with Crippen LogP contribution in [0.15, 0.2) is 72.8 Å². The number of aromatic nitrogens is 1. The number of hydrogen-bond donors (Lipinski definition) is 2. The molecule has 1 heterocycles. The highest BCUT2D eigenvalue weighted by atomic mass is 35.5. The van der Waals surface area contributed by atoms with E-state index in [1.165, 1.54) is 7.11 Å². The molecule has 0 spiro atoms. The number of halogens is 1. The van der Waals surface area contributed by atoms with E-state index in [1.54, 1.807) is 73.8 Å². The molecule has 166 valence electrons. The lowest BCUT2D eigenvalue weighted by Gasteiger charge is -2.13. The maximum absolute atomic E-state index is 13.6. The normalized spacial score (nSPS) is 10.6. The van der Waals surface area contributed by atoms with Crippen LogP contribution >= 0.6 is 11.6 Å². The summed E-state index contributed by atoms with van der Waals surface area (Å²) in [6.45, 7) is 0. The van der Waals surface area contributed by atoms with Crippen molar-refractivity contribution in [3.63, 3.8) is 0 Å². The van der Waals surface area contributed by atoms with Crippen molar-refractivity contribution in [3.05, 3.63) is 100 Å². The van der Waals surface area contributed by atoms with E-state index >= 15 is 0 Å². The van der Waals surface area contributed by atoms with Crippen LogP contribution < -0.4 is 15.2 Å². The van der Waals surface area contributed by atoms with Gasteiger partial charge in [0.1, 0.15) is 17.3 Å². The molecular weight excluding hydrogens is 440 g/mol. The van der Waals surface area contributed by atoms with Crippen LogP contribution in [0, 0.1) is 0 Å². The first kappa shape index (κ1) is 22.2. The van der Waals surface area contributed by atoms with Crippen molar-refractivity contribution in [3.8, 4) is 22.6 Å². The molecule has 0 aliphatic heterocycles. The number of carbonyl (C=O) groups excluding carboxylic acids is 2. The average molecular weight is 461 g/mol. The number of ether oxygens (including phenoxy) is 2. The van der Waals surface area contributed by atoms with Crippen molar-refractivity contribution in [2.24, 2.45) is 0 Å². The smallest absolute Gasteiger partial charge is 0.209 e.